The van der Waals surface area contributed by atoms with Gasteiger partial charge in [0.25, 0.3) is 0 Å². The summed E-state index contributed by atoms with van der Waals surface area (Å²) in [4.78, 5) is 0. The molecule has 0 N–H and O–H groups in total. The van der Waals surface area contributed by atoms with Gasteiger partial charge < -0.3 is 0 Å². The molecule has 0 aliphatic carbocycles. The van der Waals surface area contributed by atoms with E-state index in [1.54, 1.807) is 0 Å². The van der Waals surface area contributed by atoms with E-state index in [0.717, 1.165) is 12.3 Å². The molecule has 0 aromatic heterocycles. The van der Waals surface area contributed by atoms with E-state index >= 15 is 0 Å². The summed E-state index contributed by atoms with van der Waals surface area (Å²) in [6.07, 6.45) is 10.8. The smallest absolute Gasteiger partial charge is 0.0260 e. The maximum atomic E-state index is 2.24. The summed E-state index contributed by atoms with van der Waals surface area (Å²) in [5.74, 6) is 0.755. The Morgan fingerprint density at radius 3 is 2.00 bits per heavy atom. The molecule has 0 heteroatoms. The van der Waals surface area contributed by atoms with E-state index in [-0.39, 0.29) is 0 Å². The van der Waals surface area contributed by atoms with Gasteiger partial charge in [0, 0.05) is 0 Å². The fourth-order valence-electron chi connectivity index (χ4n) is 2.26. The molecule has 0 spiro atoms. The van der Waals surface area contributed by atoms with Crippen LogP contribution in [-0.2, 0) is 6.42 Å². The van der Waals surface area contributed by atoms with Crippen molar-refractivity contribution in [2.45, 2.75) is 52.9 Å². The van der Waals surface area contributed by atoms with Crippen molar-refractivity contribution >= 4 is 6.08 Å². The average molecular weight is 309 g/mol. The Kier molecular flexibility index (Phi) is 10.6. The predicted molar refractivity (Wildman–Crippen MR) is 105 cm³/mol. The van der Waals surface area contributed by atoms with Crippen molar-refractivity contribution < 1.29 is 0 Å². The minimum absolute atomic E-state index is 0.755. The Labute approximate surface area is 143 Å². The van der Waals surface area contributed by atoms with Crippen LogP contribution in [0.4, 0.5) is 0 Å². The number of aryl methyl sites for hydroxylation is 1. The predicted octanol–water partition coefficient (Wildman–Crippen LogP) is 7.17. The lowest BCUT2D eigenvalue weighted by molar-refractivity contribution is 0.665. The van der Waals surface area contributed by atoms with Crippen molar-refractivity contribution in [3.8, 4) is 0 Å². The molecule has 0 fully saturated rings. The Morgan fingerprint density at radius 2 is 1.43 bits per heavy atom. The van der Waals surface area contributed by atoms with E-state index < -0.39 is 0 Å². The molecular weight excluding hydrogens is 276 g/mol. The van der Waals surface area contributed by atoms with Gasteiger partial charge in [0.15, 0.2) is 0 Å². The molecule has 0 heterocycles. The first kappa shape index (κ1) is 19.2. The number of allylic oxidation sites excluding steroid dienone is 1. The Balaban J connectivity index is 0.000000231. The topological polar surface area (TPSA) is 0 Å². The fraction of sp³-hybridized carbons (Fsp3) is 0.391. The molecule has 0 nitrogen and oxygen atoms in total. The van der Waals surface area contributed by atoms with Gasteiger partial charge in [-0.2, -0.15) is 0 Å². The Morgan fingerprint density at radius 1 is 0.826 bits per heavy atom. The van der Waals surface area contributed by atoms with Gasteiger partial charge in [-0.1, -0.05) is 106 Å². The number of benzene rings is 2. The summed E-state index contributed by atoms with van der Waals surface area (Å²) < 4.78 is 0. The van der Waals surface area contributed by atoms with Gasteiger partial charge in [-0.3, -0.25) is 0 Å². The molecule has 0 saturated heterocycles. The van der Waals surface area contributed by atoms with Crippen LogP contribution in [0.3, 0.4) is 0 Å². The molecule has 0 radical (unpaired) electrons. The van der Waals surface area contributed by atoms with Crippen molar-refractivity contribution in [3.05, 3.63) is 77.9 Å². The molecule has 0 aliphatic rings. The van der Waals surface area contributed by atoms with Crippen LogP contribution in [-0.4, -0.2) is 0 Å². The molecule has 2 rings (SSSR count). The zero-order valence-electron chi connectivity index (χ0n) is 15.0. The van der Waals surface area contributed by atoms with Crippen molar-refractivity contribution in [1.29, 1.82) is 0 Å². The van der Waals surface area contributed by atoms with E-state index in [2.05, 4.69) is 87.5 Å². The molecule has 0 atom stereocenters. The second-order valence-corrected chi connectivity index (χ2v) is 6.39. The number of rotatable bonds is 7. The first-order chi connectivity index (χ1) is 11.2. The lowest BCUT2D eigenvalue weighted by atomic mass is 10.1. The van der Waals surface area contributed by atoms with E-state index in [1.165, 1.54) is 36.8 Å². The van der Waals surface area contributed by atoms with Crippen LogP contribution in [0.5, 0.6) is 0 Å². The second kappa shape index (κ2) is 12.7. The van der Waals surface area contributed by atoms with Crippen molar-refractivity contribution in [2.24, 2.45) is 5.92 Å². The van der Waals surface area contributed by atoms with Crippen LogP contribution in [0.1, 0.15) is 57.6 Å². The van der Waals surface area contributed by atoms with E-state index in [4.69, 9.17) is 0 Å². The van der Waals surface area contributed by atoms with Crippen molar-refractivity contribution in [2.75, 3.05) is 0 Å². The van der Waals surface area contributed by atoms with Crippen LogP contribution in [0, 0.1) is 5.92 Å². The van der Waals surface area contributed by atoms with Crippen molar-refractivity contribution in [1.82, 2.24) is 0 Å². The summed E-state index contributed by atoms with van der Waals surface area (Å²) in [6.45, 7) is 6.70. The SMILES string of the molecule is CC(C)CC=Cc1ccccc1.CCCCCc1ccccc1. The quantitative estimate of drug-likeness (QED) is 0.476. The van der Waals surface area contributed by atoms with Crippen LogP contribution in [0.15, 0.2) is 66.7 Å². The van der Waals surface area contributed by atoms with Gasteiger partial charge in [0.1, 0.15) is 0 Å². The molecule has 0 bridgehead atoms. The molecule has 0 saturated carbocycles. The second-order valence-electron chi connectivity index (χ2n) is 6.39. The molecule has 0 unspecified atom stereocenters. The van der Waals surface area contributed by atoms with Gasteiger partial charge in [0.2, 0.25) is 0 Å². The third kappa shape index (κ3) is 10.5. The summed E-state index contributed by atoms with van der Waals surface area (Å²) >= 11 is 0. The summed E-state index contributed by atoms with van der Waals surface area (Å²) in [5.41, 5.74) is 2.76. The average Bonchev–Trinajstić information content (AvgIpc) is 2.57. The van der Waals surface area contributed by atoms with Crippen LogP contribution in [0.2, 0.25) is 0 Å². The summed E-state index contributed by atoms with van der Waals surface area (Å²) in [5, 5.41) is 0. The maximum Gasteiger partial charge on any atom is -0.0260 e. The number of hydrogen-bond acceptors (Lipinski definition) is 0. The summed E-state index contributed by atoms with van der Waals surface area (Å²) in [6, 6.07) is 21.1. The van der Waals surface area contributed by atoms with E-state index in [1.807, 2.05) is 6.07 Å². The zero-order valence-corrected chi connectivity index (χ0v) is 15.0. The molecule has 23 heavy (non-hydrogen) atoms. The van der Waals surface area contributed by atoms with Gasteiger partial charge in [-0.15, -0.1) is 0 Å². The standard InChI is InChI=1S/C12H16.C11H16/c1-11(2)7-6-10-12-8-4-3-5-9-12;1-2-3-5-8-11-9-6-4-7-10-11/h3-6,8-11H,7H2,1-2H3;4,6-7,9-10H,2-3,5,8H2,1H3. The summed E-state index contributed by atoms with van der Waals surface area (Å²) in [7, 11) is 0. The van der Waals surface area contributed by atoms with Gasteiger partial charge in [0.05, 0.1) is 0 Å². The third-order valence-corrected chi connectivity index (χ3v) is 3.63. The fourth-order valence-corrected chi connectivity index (χ4v) is 2.26. The van der Waals surface area contributed by atoms with Crippen LogP contribution < -0.4 is 0 Å². The zero-order chi connectivity index (χ0) is 16.8. The minimum atomic E-state index is 0.755. The third-order valence-electron chi connectivity index (χ3n) is 3.63. The first-order valence-corrected chi connectivity index (χ1v) is 8.98. The van der Waals surface area contributed by atoms with Crippen LogP contribution in [0.25, 0.3) is 6.08 Å². The maximum absolute atomic E-state index is 2.24. The number of unbranched alkanes of at least 4 members (excludes halogenated alkanes) is 2. The monoisotopic (exact) mass is 308 g/mol. The molecule has 0 amide bonds. The molecular formula is C23H32. The minimum Gasteiger partial charge on any atom is -0.0837 e. The van der Waals surface area contributed by atoms with Crippen LogP contribution >= 0.6 is 0 Å². The Bertz CT molecular complexity index is 508. The first-order valence-electron chi connectivity index (χ1n) is 8.98. The normalized spacial score (nSPS) is 10.6. The number of hydrogen-bond donors (Lipinski definition) is 0. The van der Waals surface area contributed by atoms with Gasteiger partial charge >= 0.3 is 0 Å². The highest BCUT2D eigenvalue weighted by molar-refractivity contribution is 5.48. The van der Waals surface area contributed by atoms with Gasteiger partial charge in [-0.05, 0) is 36.3 Å². The van der Waals surface area contributed by atoms with E-state index in [0.29, 0.717) is 0 Å². The van der Waals surface area contributed by atoms with Crippen molar-refractivity contribution in [3.63, 3.8) is 0 Å². The lowest BCUT2D eigenvalue weighted by Gasteiger charge is -1.98. The lowest BCUT2D eigenvalue weighted by Crippen LogP contribution is -1.83. The molecule has 2 aromatic carbocycles. The molecule has 0 aliphatic heterocycles. The largest absolute Gasteiger partial charge is 0.0837 e. The highest BCUT2D eigenvalue weighted by Crippen LogP contribution is 2.06. The highest BCUT2D eigenvalue weighted by atomic mass is 14.0. The van der Waals surface area contributed by atoms with E-state index in [9.17, 15) is 0 Å². The molecule has 124 valence electrons. The molecule has 2 aromatic rings. The highest BCUT2D eigenvalue weighted by Gasteiger charge is 1.89. The van der Waals surface area contributed by atoms with Gasteiger partial charge in [-0.25, -0.2) is 0 Å². The Hall–Kier alpha value is -1.82.